The van der Waals surface area contributed by atoms with E-state index in [2.05, 4.69) is 30.6 Å². The van der Waals surface area contributed by atoms with Crippen LogP contribution in [0, 0.1) is 23.7 Å². The molecule has 0 rings (SSSR count). The number of aliphatic hydroxyl groups excluding tert-OH is 1. The van der Waals surface area contributed by atoms with Crippen LogP contribution in [0.25, 0.3) is 0 Å². The summed E-state index contributed by atoms with van der Waals surface area (Å²) < 4.78 is 0. The molecule has 0 saturated heterocycles. The minimum Gasteiger partial charge on any atom is -0.396 e. The summed E-state index contributed by atoms with van der Waals surface area (Å²) in [5, 5.41) is 8.54. The highest BCUT2D eigenvalue weighted by Gasteiger charge is 1.81. The van der Waals surface area contributed by atoms with Gasteiger partial charge in [0.05, 0.1) is 6.42 Å². The zero-order valence-electron chi connectivity index (χ0n) is 9.81. The zero-order valence-corrected chi connectivity index (χ0v) is 9.81. The fourth-order valence-electron chi connectivity index (χ4n) is 1.13. The molecule has 0 bridgehead atoms. The van der Waals surface area contributed by atoms with Crippen LogP contribution in [0.2, 0.25) is 0 Å². The smallest absolute Gasteiger partial charge is 0.0702 e. The molecule has 0 aromatic rings. The quantitative estimate of drug-likeness (QED) is 0.523. The van der Waals surface area contributed by atoms with Crippen molar-refractivity contribution in [1.82, 2.24) is 0 Å². The van der Waals surface area contributed by atoms with Crippen molar-refractivity contribution < 1.29 is 5.11 Å². The first kappa shape index (κ1) is 14.1. The van der Waals surface area contributed by atoms with Gasteiger partial charge in [-0.3, -0.25) is 0 Å². The zero-order chi connectivity index (χ0) is 11.2. The third-order valence-corrected chi connectivity index (χ3v) is 2.04. The van der Waals surface area contributed by atoms with Gasteiger partial charge in [-0.05, 0) is 19.3 Å². The van der Waals surface area contributed by atoms with E-state index in [1.54, 1.807) is 0 Å². The van der Waals surface area contributed by atoms with Gasteiger partial charge in [0.2, 0.25) is 0 Å². The molecule has 0 heterocycles. The number of aliphatic hydroxyl groups is 1. The van der Waals surface area contributed by atoms with E-state index in [1.807, 2.05) is 0 Å². The van der Waals surface area contributed by atoms with Crippen LogP contribution in [0.4, 0.5) is 0 Å². The molecule has 1 heteroatoms. The fraction of sp³-hybridized carbons (Fsp3) is 0.714. The van der Waals surface area contributed by atoms with Gasteiger partial charge in [-0.25, -0.2) is 0 Å². The van der Waals surface area contributed by atoms with Crippen LogP contribution >= 0.6 is 0 Å². The van der Waals surface area contributed by atoms with E-state index >= 15 is 0 Å². The Morgan fingerprint density at radius 3 is 1.93 bits per heavy atom. The van der Waals surface area contributed by atoms with Gasteiger partial charge < -0.3 is 5.11 Å². The van der Waals surface area contributed by atoms with E-state index in [0.29, 0.717) is 6.42 Å². The van der Waals surface area contributed by atoms with Crippen molar-refractivity contribution >= 4 is 0 Å². The molecule has 0 aliphatic heterocycles. The van der Waals surface area contributed by atoms with Gasteiger partial charge in [-0.15, -0.1) is 11.8 Å². The Hall–Kier alpha value is -0.920. The van der Waals surface area contributed by atoms with Gasteiger partial charge in [0, 0.05) is 19.4 Å². The molecule has 0 radical (unpaired) electrons. The van der Waals surface area contributed by atoms with Crippen LogP contribution in [0.1, 0.15) is 58.3 Å². The largest absolute Gasteiger partial charge is 0.396 e. The van der Waals surface area contributed by atoms with Crippen molar-refractivity contribution in [2.75, 3.05) is 6.61 Å². The highest BCUT2D eigenvalue weighted by molar-refractivity contribution is 5.11. The van der Waals surface area contributed by atoms with E-state index in [4.69, 9.17) is 5.11 Å². The van der Waals surface area contributed by atoms with Crippen LogP contribution in [-0.4, -0.2) is 11.7 Å². The van der Waals surface area contributed by atoms with E-state index in [0.717, 1.165) is 25.7 Å². The molecule has 0 aromatic heterocycles. The standard InChI is InChI=1S/C14H22O/c1-2-3-4-5-6-7-8-9-10-11-12-13-14-15/h15H,2-5,8,11-14H2,1H3. The first-order valence-electron chi connectivity index (χ1n) is 5.94. The van der Waals surface area contributed by atoms with E-state index in [1.165, 1.54) is 19.3 Å². The molecule has 0 amide bonds. The lowest BCUT2D eigenvalue weighted by Gasteiger charge is -1.88. The molecule has 15 heavy (non-hydrogen) atoms. The van der Waals surface area contributed by atoms with Gasteiger partial charge in [0.25, 0.3) is 0 Å². The van der Waals surface area contributed by atoms with Gasteiger partial charge in [-0.2, -0.15) is 0 Å². The predicted octanol–water partition coefficient (Wildman–Crippen LogP) is 3.13. The van der Waals surface area contributed by atoms with Crippen molar-refractivity contribution in [3.8, 4) is 23.7 Å². The van der Waals surface area contributed by atoms with Gasteiger partial charge in [0.15, 0.2) is 0 Å². The predicted molar refractivity (Wildman–Crippen MR) is 65.2 cm³/mol. The first-order valence-corrected chi connectivity index (χ1v) is 5.94. The maximum absolute atomic E-state index is 8.54. The topological polar surface area (TPSA) is 20.2 Å². The van der Waals surface area contributed by atoms with Crippen molar-refractivity contribution in [1.29, 1.82) is 0 Å². The van der Waals surface area contributed by atoms with E-state index < -0.39 is 0 Å². The van der Waals surface area contributed by atoms with Crippen molar-refractivity contribution in [3.05, 3.63) is 0 Å². The number of hydrogen-bond donors (Lipinski definition) is 1. The summed E-state index contributed by atoms with van der Waals surface area (Å²) in [6.45, 7) is 2.48. The molecule has 0 saturated carbocycles. The Labute approximate surface area is 94.3 Å². The molecule has 0 aliphatic carbocycles. The summed E-state index contributed by atoms with van der Waals surface area (Å²) >= 11 is 0. The van der Waals surface area contributed by atoms with Crippen LogP contribution in [0.5, 0.6) is 0 Å². The average molecular weight is 206 g/mol. The monoisotopic (exact) mass is 206 g/mol. The van der Waals surface area contributed by atoms with Crippen molar-refractivity contribution in [3.63, 3.8) is 0 Å². The molecular weight excluding hydrogens is 184 g/mol. The Balaban J connectivity index is 3.26. The van der Waals surface area contributed by atoms with Crippen molar-refractivity contribution in [2.24, 2.45) is 0 Å². The minimum absolute atomic E-state index is 0.277. The number of unbranched alkanes of at least 4 members (excludes halogenated alkanes) is 5. The average Bonchev–Trinajstić information content (AvgIpc) is 2.26. The Morgan fingerprint density at radius 1 is 0.800 bits per heavy atom. The molecule has 1 N–H and O–H groups in total. The van der Waals surface area contributed by atoms with E-state index in [9.17, 15) is 0 Å². The third kappa shape index (κ3) is 13.1. The third-order valence-electron chi connectivity index (χ3n) is 2.04. The Morgan fingerprint density at radius 2 is 1.40 bits per heavy atom. The summed E-state index contributed by atoms with van der Waals surface area (Å²) in [6, 6.07) is 0. The molecule has 0 aliphatic rings. The minimum atomic E-state index is 0.277. The molecule has 0 spiro atoms. The molecular formula is C14H22O. The van der Waals surface area contributed by atoms with Gasteiger partial charge in [-0.1, -0.05) is 31.6 Å². The second kappa shape index (κ2) is 13.1. The maximum Gasteiger partial charge on any atom is 0.0702 e. The van der Waals surface area contributed by atoms with Crippen LogP contribution < -0.4 is 0 Å². The lowest BCUT2D eigenvalue weighted by molar-refractivity contribution is 0.285. The van der Waals surface area contributed by atoms with Crippen LogP contribution in [0.3, 0.4) is 0 Å². The highest BCUT2D eigenvalue weighted by atomic mass is 16.2. The second-order valence-electron chi connectivity index (χ2n) is 3.52. The summed E-state index contributed by atoms with van der Waals surface area (Å²) in [5.74, 6) is 12.3. The second-order valence-corrected chi connectivity index (χ2v) is 3.52. The Bertz CT molecular complexity index is 208. The lowest BCUT2D eigenvalue weighted by Crippen LogP contribution is -1.80. The van der Waals surface area contributed by atoms with E-state index in [-0.39, 0.29) is 6.61 Å². The summed E-state index contributed by atoms with van der Waals surface area (Å²) in [5.41, 5.74) is 0. The summed E-state index contributed by atoms with van der Waals surface area (Å²) in [4.78, 5) is 0. The molecule has 0 atom stereocenters. The SMILES string of the molecule is CCCCCC#CCC#CCCCCO. The highest BCUT2D eigenvalue weighted by Crippen LogP contribution is 1.96. The van der Waals surface area contributed by atoms with Crippen LogP contribution in [-0.2, 0) is 0 Å². The normalized spacial score (nSPS) is 8.67. The lowest BCUT2D eigenvalue weighted by atomic mass is 10.2. The van der Waals surface area contributed by atoms with Gasteiger partial charge in [0.1, 0.15) is 0 Å². The maximum atomic E-state index is 8.54. The molecule has 0 unspecified atom stereocenters. The number of rotatable bonds is 6. The Kier molecular flexibility index (Phi) is 12.3. The summed E-state index contributed by atoms with van der Waals surface area (Å²) in [7, 11) is 0. The van der Waals surface area contributed by atoms with Crippen molar-refractivity contribution in [2.45, 2.75) is 58.3 Å². The van der Waals surface area contributed by atoms with Crippen LogP contribution in [0.15, 0.2) is 0 Å². The fourth-order valence-corrected chi connectivity index (χ4v) is 1.13. The molecule has 0 aromatic carbocycles. The number of hydrogen-bond acceptors (Lipinski definition) is 1. The van der Waals surface area contributed by atoms with Gasteiger partial charge >= 0.3 is 0 Å². The molecule has 84 valence electrons. The molecule has 1 nitrogen and oxygen atoms in total. The molecule has 0 fully saturated rings. The summed E-state index contributed by atoms with van der Waals surface area (Å²) in [6.07, 6.45) is 8.20. The first-order chi connectivity index (χ1) is 7.41.